The van der Waals surface area contributed by atoms with Crippen molar-refractivity contribution in [2.75, 3.05) is 9.80 Å². The van der Waals surface area contributed by atoms with Gasteiger partial charge in [0.1, 0.15) is 11.6 Å². The molecule has 0 aliphatic rings. The van der Waals surface area contributed by atoms with E-state index in [4.69, 9.17) is 9.97 Å². The van der Waals surface area contributed by atoms with Crippen molar-refractivity contribution in [2.24, 2.45) is 0 Å². The molecule has 4 aromatic heterocycles. The first kappa shape index (κ1) is 38.3. The number of hydrogen-bond acceptors (Lipinski definition) is 6. The van der Waals surface area contributed by atoms with Crippen LogP contribution in [-0.2, 0) is 10.8 Å². The van der Waals surface area contributed by atoms with E-state index in [0.29, 0.717) is 0 Å². The zero-order valence-electron chi connectivity index (χ0n) is 35.0. The first-order valence-corrected chi connectivity index (χ1v) is 20.5. The van der Waals surface area contributed by atoms with Gasteiger partial charge in [0.2, 0.25) is 0 Å². The molecule has 6 heteroatoms. The van der Waals surface area contributed by atoms with Gasteiger partial charge in [-0.1, -0.05) is 114 Å². The molecule has 9 aromatic rings. The Morgan fingerprint density at radius 2 is 0.783 bits per heavy atom. The minimum atomic E-state index is 0.0158. The lowest BCUT2D eigenvalue weighted by molar-refractivity contribution is 0.590. The van der Waals surface area contributed by atoms with Gasteiger partial charge in [-0.25, -0.2) is 9.97 Å². The Bertz CT molecular complexity index is 2620. The molecular formula is C54H48N6. The first-order valence-electron chi connectivity index (χ1n) is 20.5. The van der Waals surface area contributed by atoms with Crippen molar-refractivity contribution in [1.29, 1.82) is 0 Å². The highest BCUT2D eigenvalue weighted by molar-refractivity contribution is 6.22. The summed E-state index contributed by atoms with van der Waals surface area (Å²) in [6.45, 7) is 13.6. The standard InChI is InChI=1S/C54H48N6/c1-53(2,3)39-21-17-37(18-22-39)51-45-27-25-42(60(44-14-12-30-56-36-44)50-16-8-10-32-58-50)34-48(45)52(38-19-23-40(24-20-38)54(4,5)6)46-28-26-41(33-47(46)51)59(43-13-11-29-55-35-43)49-15-7-9-31-57-49/h7-36H,1-6H3. The summed E-state index contributed by atoms with van der Waals surface area (Å²) >= 11 is 0. The number of rotatable bonds is 8. The summed E-state index contributed by atoms with van der Waals surface area (Å²) in [6, 6.07) is 52.1. The van der Waals surface area contributed by atoms with E-state index in [-0.39, 0.29) is 10.8 Å². The van der Waals surface area contributed by atoms with Gasteiger partial charge in [-0.15, -0.1) is 0 Å². The van der Waals surface area contributed by atoms with Crippen molar-refractivity contribution in [3.8, 4) is 22.3 Å². The Morgan fingerprint density at radius 1 is 0.367 bits per heavy atom. The van der Waals surface area contributed by atoms with Gasteiger partial charge in [0.25, 0.3) is 0 Å². The van der Waals surface area contributed by atoms with Crippen LogP contribution in [0, 0.1) is 0 Å². The Kier molecular flexibility index (Phi) is 9.93. The smallest absolute Gasteiger partial charge is 0.137 e. The summed E-state index contributed by atoms with van der Waals surface area (Å²) in [4.78, 5) is 23.1. The minimum Gasteiger partial charge on any atom is -0.293 e. The molecule has 0 N–H and O–H groups in total. The molecule has 0 bridgehead atoms. The Balaban J connectivity index is 1.39. The quantitative estimate of drug-likeness (QED) is 0.143. The van der Waals surface area contributed by atoms with Gasteiger partial charge >= 0.3 is 0 Å². The summed E-state index contributed by atoms with van der Waals surface area (Å²) in [7, 11) is 0. The van der Waals surface area contributed by atoms with Crippen LogP contribution >= 0.6 is 0 Å². The third-order valence-electron chi connectivity index (χ3n) is 11.2. The largest absolute Gasteiger partial charge is 0.293 e. The SMILES string of the molecule is CC(C)(C)c1ccc(-c2c3ccc(N(c4cccnc4)c4ccccn4)cc3c(-c3ccc(C(C)(C)C)cc3)c3ccc(N(c4cccnc4)c4ccccn4)cc23)cc1. The first-order chi connectivity index (χ1) is 29.0. The van der Waals surface area contributed by atoms with Crippen molar-refractivity contribution in [3.05, 3.63) is 194 Å². The van der Waals surface area contributed by atoms with Crippen LogP contribution in [0.5, 0.6) is 0 Å². The summed E-state index contributed by atoms with van der Waals surface area (Å²) in [5.41, 5.74) is 11.1. The lowest BCUT2D eigenvalue weighted by Gasteiger charge is -2.27. The average molecular weight is 781 g/mol. The van der Waals surface area contributed by atoms with Crippen LogP contribution in [0.2, 0.25) is 0 Å². The highest BCUT2D eigenvalue weighted by Gasteiger charge is 2.24. The van der Waals surface area contributed by atoms with E-state index in [1.54, 1.807) is 12.4 Å². The predicted octanol–water partition coefficient (Wildman–Crippen LogP) is 14.4. The van der Waals surface area contributed by atoms with E-state index in [2.05, 4.69) is 158 Å². The second-order valence-electron chi connectivity index (χ2n) is 17.3. The van der Waals surface area contributed by atoms with Crippen molar-refractivity contribution < 1.29 is 0 Å². The molecule has 0 radical (unpaired) electrons. The second-order valence-corrected chi connectivity index (χ2v) is 17.3. The van der Waals surface area contributed by atoms with E-state index in [9.17, 15) is 0 Å². The average Bonchev–Trinajstić information content (AvgIpc) is 3.27. The van der Waals surface area contributed by atoms with Crippen LogP contribution in [0.1, 0.15) is 52.7 Å². The third kappa shape index (κ3) is 7.37. The molecule has 0 saturated carbocycles. The van der Waals surface area contributed by atoms with Crippen molar-refractivity contribution >= 4 is 55.9 Å². The zero-order valence-corrected chi connectivity index (χ0v) is 35.0. The number of pyridine rings is 4. The normalized spacial score (nSPS) is 11.8. The van der Waals surface area contributed by atoms with Gasteiger partial charge in [0.05, 0.1) is 23.8 Å². The minimum absolute atomic E-state index is 0.0158. The van der Waals surface area contributed by atoms with Gasteiger partial charge in [-0.3, -0.25) is 19.8 Å². The predicted molar refractivity (Wildman–Crippen MR) is 250 cm³/mol. The van der Waals surface area contributed by atoms with Crippen molar-refractivity contribution in [2.45, 2.75) is 52.4 Å². The van der Waals surface area contributed by atoms with Crippen molar-refractivity contribution in [3.63, 3.8) is 0 Å². The number of aromatic nitrogens is 4. The molecule has 5 aromatic carbocycles. The molecule has 4 heterocycles. The second kappa shape index (κ2) is 15.5. The summed E-state index contributed by atoms with van der Waals surface area (Å²) in [5, 5.41) is 4.59. The number of hydrogen-bond donors (Lipinski definition) is 0. The molecule has 60 heavy (non-hydrogen) atoms. The lowest BCUT2D eigenvalue weighted by atomic mass is 9.82. The van der Waals surface area contributed by atoms with Gasteiger partial charge in [-0.2, -0.15) is 0 Å². The van der Waals surface area contributed by atoms with Crippen LogP contribution in [-0.4, -0.2) is 19.9 Å². The molecule has 0 fully saturated rings. The fourth-order valence-corrected chi connectivity index (χ4v) is 8.15. The van der Waals surface area contributed by atoms with E-state index in [1.807, 2.05) is 73.3 Å². The highest BCUT2D eigenvalue weighted by Crippen LogP contribution is 2.48. The maximum Gasteiger partial charge on any atom is 0.137 e. The van der Waals surface area contributed by atoms with Gasteiger partial charge in [0, 0.05) is 36.2 Å². The van der Waals surface area contributed by atoms with Gasteiger partial charge in [0.15, 0.2) is 0 Å². The van der Waals surface area contributed by atoms with Gasteiger partial charge in [-0.05, 0) is 139 Å². The zero-order chi connectivity index (χ0) is 41.4. The van der Waals surface area contributed by atoms with Crippen LogP contribution in [0.15, 0.2) is 183 Å². The number of fused-ring (bicyclic) bond motifs is 2. The number of nitrogens with zero attached hydrogens (tertiary/aromatic N) is 6. The molecule has 0 unspecified atom stereocenters. The van der Waals surface area contributed by atoms with Crippen molar-refractivity contribution in [1.82, 2.24) is 19.9 Å². The molecule has 0 aliphatic carbocycles. The van der Waals surface area contributed by atoms with Crippen LogP contribution in [0.4, 0.5) is 34.4 Å². The Hall–Kier alpha value is -7.18. The fourth-order valence-electron chi connectivity index (χ4n) is 8.15. The van der Waals surface area contributed by atoms with Gasteiger partial charge < -0.3 is 0 Å². The molecule has 6 nitrogen and oxygen atoms in total. The molecule has 294 valence electrons. The third-order valence-corrected chi connectivity index (χ3v) is 11.2. The highest BCUT2D eigenvalue weighted by atomic mass is 15.2. The van der Waals surface area contributed by atoms with E-state index < -0.39 is 0 Å². The Labute approximate surface area is 352 Å². The Morgan fingerprint density at radius 3 is 1.12 bits per heavy atom. The topological polar surface area (TPSA) is 58.0 Å². The molecule has 0 aliphatic heterocycles. The fraction of sp³-hybridized carbons (Fsp3) is 0.148. The maximum absolute atomic E-state index is 4.83. The van der Waals surface area contributed by atoms with E-state index >= 15 is 0 Å². The molecule has 0 atom stereocenters. The van der Waals surface area contributed by atoms with Crippen LogP contribution < -0.4 is 9.80 Å². The molecule has 0 saturated heterocycles. The maximum atomic E-state index is 4.83. The lowest BCUT2D eigenvalue weighted by Crippen LogP contribution is -2.12. The molecular weight excluding hydrogens is 733 g/mol. The molecule has 9 rings (SSSR count). The number of benzene rings is 5. The summed E-state index contributed by atoms with van der Waals surface area (Å²) in [6.07, 6.45) is 11.1. The van der Waals surface area contributed by atoms with E-state index in [0.717, 1.165) is 67.1 Å². The van der Waals surface area contributed by atoms with Crippen LogP contribution in [0.25, 0.3) is 43.8 Å². The monoisotopic (exact) mass is 780 g/mol. The van der Waals surface area contributed by atoms with E-state index in [1.165, 1.54) is 22.3 Å². The van der Waals surface area contributed by atoms with Crippen LogP contribution in [0.3, 0.4) is 0 Å². The molecule has 0 amide bonds. The summed E-state index contributed by atoms with van der Waals surface area (Å²) < 4.78 is 0. The number of anilines is 6. The summed E-state index contributed by atoms with van der Waals surface area (Å²) in [5.74, 6) is 1.63. The molecule has 0 spiro atoms.